The van der Waals surface area contributed by atoms with E-state index in [0.717, 1.165) is 6.16 Å². The number of benzene rings is 1. The zero-order chi connectivity index (χ0) is 11.5. The standard InChI is InChI=1S/C13H21OP/c1-13(2,3)8-11(9-15)10-4-6-12(14)7-5-10/h4-7,11,14H,8-9,15H2,1-3H3. The average Bonchev–Trinajstić information content (AvgIpc) is 2.14. The second-order valence-electron chi connectivity index (χ2n) is 5.29. The zero-order valence-corrected chi connectivity index (χ0v) is 11.0. The molecule has 0 fully saturated rings. The van der Waals surface area contributed by atoms with Gasteiger partial charge in [-0.05, 0) is 41.6 Å². The van der Waals surface area contributed by atoms with Gasteiger partial charge >= 0.3 is 0 Å². The van der Waals surface area contributed by atoms with E-state index in [9.17, 15) is 5.11 Å². The number of aromatic hydroxyl groups is 1. The van der Waals surface area contributed by atoms with Gasteiger partial charge in [-0.25, -0.2) is 0 Å². The van der Waals surface area contributed by atoms with Crippen LogP contribution in [0.15, 0.2) is 24.3 Å². The van der Waals surface area contributed by atoms with Crippen molar-refractivity contribution < 1.29 is 5.11 Å². The Morgan fingerprint density at radius 2 is 1.73 bits per heavy atom. The van der Waals surface area contributed by atoms with Crippen molar-refractivity contribution in [3.63, 3.8) is 0 Å². The molecule has 2 unspecified atom stereocenters. The van der Waals surface area contributed by atoms with E-state index in [0.29, 0.717) is 17.1 Å². The summed E-state index contributed by atoms with van der Waals surface area (Å²) in [5, 5.41) is 9.24. The molecule has 0 amide bonds. The molecule has 1 rings (SSSR count). The maximum Gasteiger partial charge on any atom is 0.115 e. The summed E-state index contributed by atoms with van der Waals surface area (Å²) in [5.74, 6) is 0.910. The second-order valence-corrected chi connectivity index (χ2v) is 5.76. The van der Waals surface area contributed by atoms with Gasteiger partial charge in [-0.15, -0.1) is 9.24 Å². The topological polar surface area (TPSA) is 20.2 Å². The SMILES string of the molecule is CC(C)(C)CC(CP)c1ccc(O)cc1. The maximum absolute atomic E-state index is 9.24. The monoisotopic (exact) mass is 224 g/mol. The molecule has 0 saturated carbocycles. The number of rotatable bonds is 3. The van der Waals surface area contributed by atoms with Crippen molar-refractivity contribution in [1.29, 1.82) is 0 Å². The predicted molar refractivity (Wildman–Crippen MR) is 69.5 cm³/mol. The Morgan fingerprint density at radius 3 is 2.13 bits per heavy atom. The Kier molecular flexibility index (Phi) is 4.16. The summed E-state index contributed by atoms with van der Waals surface area (Å²) in [5.41, 5.74) is 1.66. The highest BCUT2D eigenvalue weighted by atomic mass is 31.0. The van der Waals surface area contributed by atoms with Gasteiger partial charge in [0.15, 0.2) is 0 Å². The summed E-state index contributed by atoms with van der Waals surface area (Å²) in [7, 11) is 2.82. The molecule has 84 valence electrons. The van der Waals surface area contributed by atoms with E-state index in [1.54, 1.807) is 12.1 Å². The molecule has 0 aliphatic carbocycles. The first kappa shape index (κ1) is 12.5. The minimum absolute atomic E-state index is 0.344. The van der Waals surface area contributed by atoms with Crippen molar-refractivity contribution in [3.05, 3.63) is 29.8 Å². The molecule has 2 atom stereocenters. The highest BCUT2D eigenvalue weighted by Gasteiger charge is 2.18. The molecule has 2 heteroatoms. The molecule has 1 nitrogen and oxygen atoms in total. The Bertz CT molecular complexity index is 297. The Hall–Kier alpha value is -0.550. The van der Waals surface area contributed by atoms with Crippen LogP contribution in [0.25, 0.3) is 0 Å². The molecule has 0 spiro atoms. The van der Waals surface area contributed by atoms with Crippen LogP contribution >= 0.6 is 9.24 Å². The normalized spacial score (nSPS) is 13.9. The molecule has 15 heavy (non-hydrogen) atoms. The number of phenols is 1. The molecule has 1 aromatic rings. The maximum atomic E-state index is 9.24. The predicted octanol–water partition coefficient (Wildman–Crippen LogP) is 3.79. The van der Waals surface area contributed by atoms with Crippen LogP contribution in [-0.4, -0.2) is 11.3 Å². The number of hydrogen-bond acceptors (Lipinski definition) is 1. The smallest absolute Gasteiger partial charge is 0.115 e. The van der Waals surface area contributed by atoms with Crippen LogP contribution in [0.4, 0.5) is 0 Å². The summed E-state index contributed by atoms with van der Waals surface area (Å²) in [4.78, 5) is 0. The molecule has 1 aromatic carbocycles. The molecule has 0 heterocycles. The van der Waals surface area contributed by atoms with Crippen LogP contribution in [0, 0.1) is 5.41 Å². The van der Waals surface area contributed by atoms with E-state index < -0.39 is 0 Å². The third-order valence-corrected chi connectivity index (χ3v) is 3.08. The van der Waals surface area contributed by atoms with E-state index in [2.05, 4.69) is 30.0 Å². The summed E-state index contributed by atoms with van der Waals surface area (Å²) in [6, 6.07) is 7.59. The van der Waals surface area contributed by atoms with Crippen LogP contribution in [0.2, 0.25) is 0 Å². The van der Waals surface area contributed by atoms with Gasteiger partial charge < -0.3 is 5.11 Å². The van der Waals surface area contributed by atoms with Crippen LogP contribution in [0.5, 0.6) is 5.75 Å². The third-order valence-electron chi connectivity index (χ3n) is 2.51. The van der Waals surface area contributed by atoms with Crippen molar-refractivity contribution >= 4 is 9.24 Å². The van der Waals surface area contributed by atoms with E-state index in [4.69, 9.17) is 0 Å². The van der Waals surface area contributed by atoms with Crippen LogP contribution in [-0.2, 0) is 0 Å². The lowest BCUT2D eigenvalue weighted by atomic mass is 9.82. The van der Waals surface area contributed by atoms with Crippen LogP contribution in [0.1, 0.15) is 38.7 Å². The summed E-state index contributed by atoms with van der Waals surface area (Å²) in [6.45, 7) is 6.79. The summed E-state index contributed by atoms with van der Waals surface area (Å²) in [6.07, 6.45) is 2.24. The first-order valence-electron chi connectivity index (χ1n) is 5.41. The van der Waals surface area contributed by atoms with Gasteiger partial charge in [0, 0.05) is 0 Å². The zero-order valence-electron chi connectivity index (χ0n) is 9.83. The van der Waals surface area contributed by atoms with Crippen molar-refractivity contribution in [1.82, 2.24) is 0 Å². The minimum Gasteiger partial charge on any atom is -0.508 e. The average molecular weight is 224 g/mol. The number of phenolic OH excluding ortho intramolecular Hbond substituents is 1. The lowest BCUT2D eigenvalue weighted by molar-refractivity contribution is 0.350. The van der Waals surface area contributed by atoms with Crippen molar-refractivity contribution in [2.75, 3.05) is 6.16 Å². The number of hydrogen-bond donors (Lipinski definition) is 1. The molecule has 0 aliphatic heterocycles. The van der Waals surface area contributed by atoms with Crippen molar-refractivity contribution in [3.8, 4) is 5.75 Å². The largest absolute Gasteiger partial charge is 0.508 e. The first-order valence-corrected chi connectivity index (χ1v) is 6.23. The molecule has 0 aromatic heterocycles. The fraction of sp³-hybridized carbons (Fsp3) is 0.538. The van der Waals surface area contributed by atoms with Gasteiger partial charge in [-0.1, -0.05) is 32.9 Å². The molecule has 1 N–H and O–H groups in total. The highest BCUT2D eigenvalue weighted by molar-refractivity contribution is 7.16. The van der Waals surface area contributed by atoms with E-state index in [1.165, 1.54) is 12.0 Å². The van der Waals surface area contributed by atoms with Crippen LogP contribution in [0.3, 0.4) is 0 Å². The fourth-order valence-corrected chi connectivity index (χ4v) is 2.26. The lowest BCUT2D eigenvalue weighted by Gasteiger charge is -2.25. The molecule has 0 bridgehead atoms. The molecule has 0 aliphatic rings. The van der Waals surface area contributed by atoms with Gasteiger partial charge in [-0.2, -0.15) is 0 Å². The van der Waals surface area contributed by atoms with E-state index >= 15 is 0 Å². The minimum atomic E-state index is 0.344. The fourth-order valence-electron chi connectivity index (χ4n) is 1.82. The molecule has 0 radical (unpaired) electrons. The Labute approximate surface area is 95.1 Å². The third kappa shape index (κ3) is 4.22. The van der Waals surface area contributed by atoms with E-state index in [-0.39, 0.29) is 0 Å². The van der Waals surface area contributed by atoms with Crippen molar-refractivity contribution in [2.45, 2.75) is 33.1 Å². The van der Waals surface area contributed by atoms with Gasteiger partial charge in [0.2, 0.25) is 0 Å². The molecular formula is C13H21OP. The van der Waals surface area contributed by atoms with Gasteiger partial charge in [-0.3, -0.25) is 0 Å². The van der Waals surface area contributed by atoms with Crippen molar-refractivity contribution in [2.24, 2.45) is 5.41 Å². The molecule has 0 saturated heterocycles. The van der Waals surface area contributed by atoms with Gasteiger partial charge in [0.05, 0.1) is 0 Å². The first-order chi connectivity index (χ1) is 6.92. The highest BCUT2D eigenvalue weighted by Crippen LogP contribution is 2.32. The van der Waals surface area contributed by atoms with Gasteiger partial charge in [0.25, 0.3) is 0 Å². The van der Waals surface area contributed by atoms with E-state index in [1.807, 2.05) is 12.1 Å². The Balaban J connectivity index is 2.79. The summed E-state index contributed by atoms with van der Waals surface area (Å²) >= 11 is 0. The van der Waals surface area contributed by atoms with Gasteiger partial charge in [0.1, 0.15) is 5.75 Å². The lowest BCUT2D eigenvalue weighted by Crippen LogP contribution is -2.12. The Morgan fingerprint density at radius 1 is 1.20 bits per heavy atom. The quantitative estimate of drug-likeness (QED) is 0.774. The molecular weight excluding hydrogens is 203 g/mol. The second kappa shape index (κ2) is 4.99. The summed E-state index contributed by atoms with van der Waals surface area (Å²) < 4.78 is 0. The van der Waals surface area contributed by atoms with Crippen LogP contribution < -0.4 is 0 Å².